The lowest BCUT2D eigenvalue weighted by molar-refractivity contribution is 1.07. The fraction of sp³-hybridized carbons (Fsp3) is 0. The van der Waals surface area contributed by atoms with Crippen LogP contribution in [0.2, 0.25) is 0 Å². The van der Waals surface area contributed by atoms with Gasteiger partial charge in [0.1, 0.15) is 0 Å². The van der Waals surface area contributed by atoms with Gasteiger partial charge in [-0.1, -0.05) is 140 Å². The Balaban J connectivity index is 1.13. The van der Waals surface area contributed by atoms with Crippen LogP contribution in [0.5, 0.6) is 0 Å². The van der Waals surface area contributed by atoms with Gasteiger partial charge in [-0.2, -0.15) is 0 Å². The minimum absolute atomic E-state index is 0.652. The molecule has 10 rings (SSSR count). The van der Waals surface area contributed by atoms with Crippen molar-refractivity contribution in [3.05, 3.63) is 164 Å². The van der Waals surface area contributed by atoms with Gasteiger partial charge in [-0.05, 0) is 67.7 Å². The maximum atomic E-state index is 5.10. The number of hydrogen-bond acceptors (Lipinski definition) is 4. The zero-order chi connectivity index (χ0) is 32.3. The number of benzene rings is 8. The third kappa shape index (κ3) is 4.68. The molecule has 2 heterocycles. The number of thiophene rings is 1. The minimum atomic E-state index is 0.652. The lowest BCUT2D eigenvalue weighted by atomic mass is 9.92. The number of nitrogens with zero attached hydrogens (tertiary/aromatic N) is 3. The van der Waals surface area contributed by atoms with E-state index in [9.17, 15) is 0 Å². The predicted octanol–water partition coefficient (Wildman–Crippen LogP) is 12.4. The zero-order valence-electron chi connectivity index (χ0n) is 26.3. The number of hydrogen-bond donors (Lipinski definition) is 0. The molecule has 49 heavy (non-hydrogen) atoms. The Bertz CT molecular complexity index is 2860. The Morgan fingerprint density at radius 2 is 0.714 bits per heavy atom. The topological polar surface area (TPSA) is 38.7 Å². The van der Waals surface area contributed by atoms with Crippen LogP contribution in [-0.2, 0) is 0 Å². The van der Waals surface area contributed by atoms with Crippen LogP contribution in [0.15, 0.2) is 164 Å². The van der Waals surface area contributed by atoms with Crippen molar-refractivity contribution in [1.29, 1.82) is 0 Å². The van der Waals surface area contributed by atoms with E-state index in [0.717, 1.165) is 27.8 Å². The van der Waals surface area contributed by atoms with Crippen LogP contribution in [0.1, 0.15) is 0 Å². The second-order valence-corrected chi connectivity index (χ2v) is 13.5. The molecule has 10 aromatic rings. The molecule has 0 aliphatic rings. The fourth-order valence-electron chi connectivity index (χ4n) is 7.14. The van der Waals surface area contributed by atoms with Crippen molar-refractivity contribution in [2.24, 2.45) is 0 Å². The molecule has 0 saturated heterocycles. The molecule has 0 aliphatic heterocycles. The summed E-state index contributed by atoms with van der Waals surface area (Å²) >= 11 is 1.80. The van der Waals surface area contributed by atoms with Gasteiger partial charge < -0.3 is 0 Å². The van der Waals surface area contributed by atoms with Crippen LogP contribution < -0.4 is 0 Å². The van der Waals surface area contributed by atoms with E-state index in [1.165, 1.54) is 52.5 Å². The maximum absolute atomic E-state index is 5.10. The van der Waals surface area contributed by atoms with E-state index in [1.807, 2.05) is 18.2 Å². The molecule has 0 aliphatic carbocycles. The van der Waals surface area contributed by atoms with E-state index >= 15 is 0 Å². The van der Waals surface area contributed by atoms with E-state index in [2.05, 4.69) is 146 Å². The predicted molar refractivity (Wildman–Crippen MR) is 207 cm³/mol. The Hall–Kier alpha value is -6.23. The minimum Gasteiger partial charge on any atom is -0.208 e. The summed E-state index contributed by atoms with van der Waals surface area (Å²) in [6.45, 7) is 0. The van der Waals surface area contributed by atoms with Crippen LogP contribution in [0, 0.1) is 0 Å². The first-order chi connectivity index (χ1) is 24.3. The third-order valence-electron chi connectivity index (χ3n) is 9.50. The second kappa shape index (κ2) is 11.2. The standard InChI is InChI=1S/C45H27N3S/c1-2-11-28(12-3-1)43-46-44(48-45(47-43)32-22-24-39-38-19-8-9-20-41(38)49-42(39)27-32)31-14-10-13-29(25-31)30-21-23-37-35-17-5-4-15-33(35)34-16-6-7-18-36(34)40(37)26-30/h1-27H. The summed E-state index contributed by atoms with van der Waals surface area (Å²) in [4.78, 5) is 15.2. The highest BCUT2D eigenvalue weighted by Gasteiger charge is 2.15. The van der Waals surface area contributed by atoms with E-state index in [-0.39, 0.29) is 0 Å². The van der Waals surface area contributed by atoms with Crippen molar-refractivity contribution in [2.75, 3.05) is 0 Å². The Labute approximate surface area is 286 Å². The molecule has 228 valence electrons. The summed E-state index contributed by atoms with van der Waals surface area (Å²) in [7, 11) is 0. The lowest BCUT2D eigenvalue weighted by Crippen LogP contribution is -2.00. The van der Waals surface area contributed by atoms with Gasteiger partial charge >= 0.3 is 0 Å². The molecule has 0 spiro atoms. The van der Waals surface area contributed by atoms with Crippen LogP contribution in [0.3, 0.4) is 0 Å². The van der Waals surface area contributed by atoms with Gasteiger partial charge in [0, 0.05) is 36.9 Å². The summed E-state index contributed by atoms with van der Waals surface area (Å²) in [5.74, 6) is 1.98. The van der Waals surface area contributed by atoms with Gasteiger partial charge in [0.05, 0.1) is 0 Å². The normalized spacial score (nSPS) is 11.7. The molecular weight excluding hydrogens is 615 g/mol. The molecule has 0 N–H and O–H groups in total. The van der Waals surface area contributed by atoms with Crippen LogP contribution in [-0.4, -0.2) is 15.0 Å². The summed E-state index contributed by atoms with van der Waals surface area (Å²) in [5.41, 5.74) is 5.16. The monoisotopic (exact) mass is 641 g/mol. The number of rotatable bonds is 4. The summed E-state index contributed by atoms with van der Waals surface area (Å²) in [6.07, 6.45) is 0. The molecule has 0 fully saturated rings. The van der Waals surface area contributed by atoms with Crippen molar-refractivity contribution in [1.82, 2.24) is 15.0 Å². The van der Waals surface area contributed by atoms with Crippen molar-refractivity contribution in [2.45, 2.75) is 0 Å². The fourth-order valence-corrected chi connectivity index (χ4v) is 8.29. The van der Waals surface area contributed by atoms with Crippen LogP contribution >= 0.6 is 11.3 Å². The highest BCUT2D eigenvalue weighted by molar-refractivity contribution is 7.25. The molecule has 0 bridgehead atoms. The molecule has 0 radical (unpaired) electrons. The van der Waals surface area contributed by atoms with Crippen molar-refractivity contribution < 1.29 is 0 Å². The molecular formula is C45H27N3S. The van der Waals surface area contributed by atoms with Crippen molar-refractivity contribution >= 4 is 63.8 Å². The molecule has 0 amide bonds. The quantitative estimate of drug-likeness (QED) is 0.180. The zero-order valence-corrected chi connectivity index (χ0v) is 27.2. The van der Waals surface area contributed by atoms with Gasteiger partial charge in [0.2, 0.25) is 0 Å². The summed E-state index contributed by atoms with van der Waals surface area (Å²) in [6, 6.07) is 58.1. The van der Waals surface area contributed by atoms with Crippen LogP contribution in [0.4, 0.5) is 0 Å². The molecule has 8 aromatic carbocycles. The van der Waals surface area contributed by atoms with Gasteiger partial charge in [0.25, 0.3) is 0 Å². The first-order valence-electron chi connectivity index (χ1n) is 16.4. The Morgan fingerprint density at radius 1 is 0.265 bits per heavy atom. The van der Waals surface area contributed by atoms with Gasteiger partial charge in [0.15, 0.2) is 17.5 Å². The molecule has 3 nitrogen and oxygen atoms in total. The maximum Gasteiger partial charge on any atom is 0.164 e. The average Bonchev–Trinajstić information content (AvgIpc) is 3.56. The SMILES string of the molecule is c1ccc(-c2nc(-c3cccc(-c4ccc5c6ccccc6c6ccccc6c5c4)c3)nc(-c3ccc4c(c3)sc3ccccc34)n2)cc1. The molecule has 4 heteroatoms. The lowest BCUT2D eigenvalue weighted by Gasteiger charge is -2.13. The first kappa shape index (κ1) is 27.8. The van der Waals surface area contributed by atoms with Crippen molar-refractivity contribution in [3.63, 3.8) is 0 Å². The number of aromatic nitrogens is 3. The Morgan fingerprint density at radius 3 is 1.43 bits per heavy atom. The molecule has 0 saturated carbocycles. The Kier molecular flexibility index (Phi) is 6.36. The summed E-state index contributed by atoms with van der Waals surface area (Å²) < 4.78 is 2.50. The van der Waals surface area contributed by atoms with Gasteiger partial charge in [-0.15, -0.1) is 11.3 Å². The van der Waals surface area contributed by atoms with E-state index < -0.39 is 0 Å². The molecule has 0 atom stereocenters. The first-order valence-corrected chi connectivity index (χ1v) is 17.3. The van der Waals surface area contributed by atoms with Gasteiger partial charge in [-0.25, -0.2) is 15.0 Å². The molecule has 2 aromatic heterocycles. The largest absolute Gasteiger partial charge is 0.208 e. The van der Waals surface area contributed by atoms with E-state index in [4.69, 9.17) is 15.0 Å². The average molecular weight is 642 g/mol. The highest BCUT2D eigenvalue weighted by Crippen LogP contribution is 2.39. The van der Waals surface area contributed by atoms with Crippen molar-refractivity contribution in [3.8, 4) is 45.3 Å². The second-order valence-electron chi connectivity index (χ2n) is 12.4. The molecule has 0 unspecified atom stereocenters. The smallest absolute Gasteiger partial charge is 0.164 e. The number of fused-ring (bicyclic) bond motifs is 9. The van der Waals surface area contributed by atoms with Gasteiger partial charge in [-0.3, -0.25) is 0 Å². The van der Waals surface area contributed by atoms with Crippen LogP contribution in [0.25, 0.3) is 97.8 Å². The van der Waals surface area contributed by atoms with E-state index in [1.54, 1.807) is 11.3 Å². The highest BCUT2D eigenvalue weighted by atomic mass is 32.1. The third-order valence-corrected chi connectivity index (χ3v) is 10.6. The summed E-state index contributed by atoms with van der Waals surface area (Å²) in [5, 5.41) is 10.1. The van der Waals surface area contributed by atoms with E-state index in [0.29, 0.717) is 17.5 Å².